The summed E-state index contributed by atoms with van der Waals surface area (Å²) in [7, 11) is 0. The summed E-state index contributed by atoms with van der Waals surface area (Å²) in [6, 6.07) is 2.00. The minimum Gasteiger partial charge on any atom is -0.355 e. The Bertz CT molecular complexity index is 343. The molecule has 5 heteroatoms. The van der Waals surface area contributed by atoms with E-state index in [4.69, 9.17) is 5.73 Å². The Balaban J connectivity index is 1.75. The highest BCUT2D eigenvalue weighted by atomic mass is 15.2. The standard InChI is InChI=1S/C14H25N5/c15-6-2-1-3-8-18-9-4-10-19(12-11-18)14-5-7-16-13-17-14/h5,7,13H,1-4,6,8-12,15H2. The van der Waals surface area contributed by atoms with Gasteiger partial charge in [0.15, 0.2) is 0 Å². The number of hydrogen-bond donors (Lipinski definition) is 1. The van der Waals surface area contributed by atoms with Crippen molar-refractivity contribution in [1.29, 1.82) is 0 Å². The van der Waals surface area contributed by atoms with Gasteiger partial charge >= 0.3 is 0 Å². The minimum absolute atomic E-state index is 0.821. The van der Waals surface area contributed by atoms with Crippen molar-refractivity contribution in [2.75, 3.05) is 44.2 Å². The van der Waals surface area contributed by atoms with E-state index in [2.05, 4.69) is 19.8 Å². The lowest BCUT2D eigenvalue weighted by Crippen LogP contribution is -2.31. The maximum atomic E-state index is 5.52. The van der Waals surface area contributed by atoms with Crippen LogP contribution in [0.3, 0.4) is 0 Å². The second kappa shape index (κ2) is 8.07. The summed E-state index contributed by atoms with van der Waals surface area (Å²) in [5, 5.41) is 0. The smallest absolute Gasteiger partial charge is 0.131 e. The second-order valence-corrected chi connectivity index (χ2v) is 5.10. The van der Waals surface area contributed by atoms with E-state index in [0.29, 0.717) is 0 Å². The normalized spacial score (nSPS) is 17.4. The fraction of sp³-hybridized carbons (Fsp3) is 0.714. The molecular formula is C14H25N5. The van der Waals surface area contributed by atoms with Crippen LogP contribution in [0.2, 0.25) is 0 Å². The largest absolute Gasteiger partial charge is 0.355 e. The van der Waals surface area contributed by atoms with E-state index in [9.17, 15) is 0 Å². The Morgan fingerprint density at radius 3 is 2.84 bits per heavy atom. The van der Waals surface area contributed by atoms with Crippen molar-refractivity contribution < 1.29 is 0 Å². The molecule has 2 rings (SSSR count). The molecule has 0 spiro atoms. The van der Waals surface area contributed by atoms with Crippen molar-refractivity contribution in [3.8, 4) is 0 Å². The number of rotatable bonds is 6. The van der Waals surface area contributed by atoms with Crippen LogP contribution in [0.4, 0.5) is 5.82 Å². The third-order valence-corrected chi connectivity index (χ3v) is 3.66. The summed E-state index contributed by atoms with van der Waals surface area (Å²) >= 11 is 0. The van der Waals surface area contributed by atoms with E-state index in [1.165, 1.54) is 32.4 Å². The zero-order chi connectivity index (χ0) is 13.3. The van der Waals surface area contributed by atoms with E-state index in [1.54, 1.807) is 6.33 Å². The van der Waals surface area contributed by atoms with Gasteiger partial charge in [-0.25, -0.2) is 9.97 Å². The molecule has 0 amide bonds. The molecule has 1 aromatic heterocycles. The van der Waals surface area contributed by atoms with Gasteiger partial charge in [0.05, 0.1) is 0 Å². The van der Waals surface area contributed by atoms with Gasteiger partial charge in [0.1, 0.15) is 12.1 Å². The van der Waals surface area contributed by atoms with E-state index in [0.717, 1.165) is 38.4 Å². The molecule has 2 N–H and O–H groups in total. The minimum atomic E-state index is 0.821. The lowest BCUT2D eigenvalue weighted by atomic mass is 10.2. The third kappa shape index (κ3) is 4.76. The molecule has 1 aromatic rings. The zero-order valence-electron chi connectivity index (χ0n) is 11.7. The molecule has 1 aliphatic heterocycles. The Labute approximate surface area is 115 Å². The van der Waals surface area contributed by atoms with Crippen LogP contribution in [-0.4, -0.2) is 54.1 Å². The Hall–Kier alpha value is -1.20. The van der Waals surface area contributed by atoms with Gasteiger partial charge in [-0.15, -0.1) is 0 Å². The summed E-state index contributed by atoms with van der Waals surface area (Å²) in [5.74, 6) is 1.06. The predicted octanol–water partition coefficient (Wildman–Crippen LogP) is 1.12. The van der Waals surface area contributed by atoms with Gasteiger partial charge in [0.2, 0.25) is 0 Å². The predicted molar refractivity (Wildman–Crippen MR) is 78.2 cm³/mol. The number of aromatic nitrogens is 2. The van der Waals surface area contributed by atoms with Gasteiger partial charge in [-0.2, -0.15) is 0 Å². The quantitative estimate of drug-likeness (QED) is 0.779. The van der Waals surface area contributed by atoms with Crippen LogP contribution >= 0.6 is 0 Å². The number of anilines is 1. The highest BCUT2D eigenvalue weighted by molar-refractivity contribution is 5.36. The molecule has 5 nitrogen and oxygen atoms in total. The van der Waals surface area contributed by atoms with Crippen molar-refractivity contribution in [2.24, 2.45) is 5.73 Å². The first-order valence-electron chi connectivity index (χ1n) is 7.33. The number of nitrogens with zero attached hydrogens (tertiary/aromatic N) is 4. The number of nitrogens with two attached hydrogens (primary N) is 1. The van der Waals surface area contributed by atoms with E-state index >= 15 is 0 Å². The summed E-state index contributed by atoms with van der Waals surface area (Å²) < 4.78 is 0. The SMILES string of the molecule is NCCCCCN1CCCN(c2ccncn2)CC1. The average Bonchev–Trinajstić information content (AvgIpc) is 2.70. The van der Waals surface area contributed by atoms with Gasteiger partial charge in [0, 0.05) is 25.8 Å². The van der Waals surface area contributed by atoms with Gasteiger partial charge in [0.25, 0.3) is 0 Å². The maximum absolute atomic E-state index is 5.52. The van der Waals surface area contributed by atoms with Crippen LogP contribution in [-0.2, 0) is 0 Å². The molecule has 106 valence electrons. The van der Waals surface area contributed by atoms with Crippen LogP contribution in [0.5, 0.6) is 0 Å². The topological polar surface area (TPSA) is 58.3 Å². The maximum Gasteiger partial charge on any atom is 0.131 e. The molecule has 1 aliphatic rings. The van der Waals surface area contributed by atoms with Gasteiger partial charge < -0.3 is 15.5 Å². The van der Waals surface area contributed by atoms with Crippen LogP contribution in [0, 0.1) is 0 Å². The Kier molecular flexibility index (Phi) is 6.04. The molecule has 0 unspecified atom stereocenters. The molecule has 0 atom stereocenters. The van der Waals surface area contributed by atoms with Gasteiger partial charge in [-0.3, -0.25) is 0 Å². The van der Waals surface area contributed by atoms with Crippen LogP contribution < -0.4 is 10.6 Å². The molecule has 0 bridgehead atoms. The highest BCUT2D eigenvalue weighted by Gasteiger charge is 2.15. The monoisotopic (exact) mass is 263 g/mol. The fourth-order valence-corrected chi connectivity index (χ4v) is 2.55. The van der Waals surface area contributed by atoms with Crippen molar-refractivity contribution in [1.82, 2.24) is 14.9 Å². The van der Waals surface area contributed by atoms with E-state index in [-0.39, 0.29) is 0 Å². The van der Waals surface area contributed by atoms with E-state index in [1.807, 2.05) is 12.3 Å². The molecule has 0 aliphatic carbocycles. The number of hydrogen-bond acceptors (Lipinski definition) is 5. The Morgan fingerprint density at radius 1 is 1.11 bits per heavy atom. The number of unbranched alkanes of at least 4 members (excludes halogenated alkanes) is 2. The first-order chi connectivity index (χ1) is 9.40. The van der Waals surface area contributed by atoms with Crippen molar-refractivity contribution in [3.05, 3.63) is 18.6 Å². The molecule has 19 heavy (non-hydrogen) atoms. The molecule has 1 saturated heterocycles. The summed E-state index contributed by atoms with van der Waals surface area (Å²) in [6.07, 6.45) is 8.33. The summed E-state index contributed by atoms with van der Waals surface area (Å²) in [6.45, 7) is 6.51. The van der Waals surface area contributed by atoms with Gasteiger partial charge in [-0.05, 0) is 45.0 Å². The van der Waals surface area contributed by atoms with Crippen LogP contribution in [0.1, 0.15) is 25.7 Å². The lowest BCUT2D eigenvalue weighted by molar-refractivity contribution is 0.286. The second-order valence-electron chi connectivity index (χ2n) is 5.10. The molecule has 0 saturated carbocycles. The van der Waals surface area contributed by atoms with Gasteiger partial charge in [-0.1, -0.05) is 6.42 Å². The molecule has 1 fully saturated rings. The Morgan fingerprint density at radius 2 is 2.05 bits per heavy atom. The van der Waals surface area contributed by atoms with E-state index < -0.39 is 0 Å². The molecule has 0 aromatic carbocycles. The highest BCUT2D eigenvalue weighted by Crippen LogP contribution is 2.12. The third-order valence-electron chi connectivity index (χ3n) is 3.66. The summed E-state index contributed by atoms with van der Waals surface area (Å²) in [4.78, 5) is 13.2. The molecule has 0 radical (unpaired) electrons. The van der Waals surface area contributed by atoms with Crippen molar-refractivity contribution >= 4 is 5.82 Å². The average molecular weight is 263 g/mol. The van der Waals surface area contributed by atoms with Crippen LogP contribution in [0.25, 0.3) is 0 Å². The molecule has 2 heterocycles. The molecular weight excluding hydrogens is 238 g/mol. The van der Waals surface area contributed by atoms with Crippen molar-refractivity contribution in [2.45, 2.75) is 25.7 Å². The fourth-order valence-electron chi connectivity index (χ4n) is 2.55. The zero-order valence-corrected chi connectivity index (χ0v) is 11.7. The lowest BCUT2D eigenvalue weighted by Gasteiger charge is -2.22. The first-order valence-corrected chi connectivity index (χ1v) is 7.33. The summed E-state index contributed by atoms with van der Waals surface area (Å²) in [5.41, 5.74) is 5.52. The first kappa shape index (κ1) is 14.2. The van der Waals surface area contributed by atoms with Crippen molar-refractivity contribution in [3.63, 3.8) is 0 Å². The van der Waals surface area contributed by atoms with Crippen LogP contribution in [0.15, 0.2) is 18.6 Å².